The van der Waals surface area contributed by atoms with E-state index in [-0.39, 0.29) is 5.56 Å². The molecule has 3 aromatic rings. The van der Waals surface area contributed by atoms with E-state index >= 15 is 0 Å². The van der Waals surface area contributed by atoms with E-state index < -0.39 is 0 Å². The molecule has 0 saturated carbocycles. The van der Waals surface area contributed by atoms with Gasteiger partial charge in [-0.05, 0) is 35.9 Å². The van der Waals surface area contributed by atoms with E-state index in [0.29, 0.717) is 46.5 Å². The summed E-state index contributed by atoms with van der Waals surface area (Å²) >= 11 is 6.35. The Bertz CT molecular complexity index is 1010. The first kappa shape index (κ1) is 14.8. The fourth-order valence-electron chi connectivity index (χ4n) is 2.56. The third-order valence-corrected chi connectivity index (χ3v) is 3.99. The van der Waals surface area contributed by atoms with Crippen LogP contribution in [0.1, 0.15) is 11.4 Å². The Kier molecular flexibility index (Phi) is 3.70. The van der Waals surface area contributed by atoms with Crippen LogP contribution in [-0.2, 0) is 0 Å². The number of fused-ring (bicyclic) bond motifs is 2. The van der Waals surface area contributed by atoms with E-state index in [1.165, 1.54) is 0 Å². The molecule has 24 heavy (non-hydrogen) atoms. The molecule has 0 radical (unpaired) electrons. The number of aromatic amines is 1. The molecule has 0 fully saturated rings. The first-order valence-electron chi connectivity index (χ1n) is 7.47. The molecule has 4 rings (SSSR count). The number of ether oxygens (including phenoxy) is 2. The lowest BCUT2D eigenvalue weighted by Gasteiger charge is -2.18. The van der Waals surface area contributed by atoms with Gasteiger partial charge >= 0.3 is 0 Å². The minimum absolute atomic E-state index is 0.218. The maximum Gasteiger partial charge on any atom is 0.259 e. The first-order chi connectivity index (χ1) is 11.7. The molecule has 1 N–H and O–H groups in total. The number of aromatic nitrogens is 2. The normalized spacial score (nSPS) is 14.0. The predicted octanol–water partition coefficient (Wildman–Crippen LogP) is 3.43. The third-order valence-electron chi connectivity index (χ3n) is 3.70. The van der Waals surface area contributed by atoms with Gasteiger partial charge in [-0.1, -0.05) is 29.8 Å². The van der Waals surface area contributed by atoms with Crippen molar-refractivity contribution in [1.29, 1.82) is 0 Å². The van der Waals surface area contributed by atoms with E-state index in [2.05, 4.69) is 9.97 Å². The van der Waals surface area contributed by atoms with Crippen LogP contribution < -0.4 is 15.0 Å². The van der Waals surface area contributed by atoms with Crippen LogP contribution in [0.5, 0.6) is 11.5 Å². The molecule has 0 spiro atoms. The summed E-state index contributed by atoms with van der Waals surface area (Å²) < 4.78 is 11.1. The lowest BCUT2D eigenvalue weighted by atomic mass is 10.1. The van der Waals surface area contributed by atoms with E-state index in [1.54, 1.807) is 24.3 Å². The smallest absolute Gasteiger partial charge is 0.259 e. The molecule has 0 atom stereocenters. The fourth-order valence-corrected chi connectivity index (χ4v) is 2.78. The Morgan fingerprint density at radius 1 is 1.12 bits per heavy atom. The number of H-pyrrole nitrogens is 1. The summed E-state index contributed by atoms with van der Waals surface area (Å²) in [5.41, 5.74) is 1.22. The van der Waals surface area contributed by atoms with Gasteiger partial charge in [0.2, 0.25) is 0 Å². The lowest BCUT2D eigenvalue weighted by Crippen LogP contribution is -2.15. The summed E-state index contributed by atoms with van der Waals surface area (Å²) in [5, 5.41) is 0.875. The van der Waals surface area contributed by atoms with Crippen LogP contribution in [0.15, 0.2) is 47.3 Å². The Morgan fingerprint density at radius 2 is 1.92 bits per heavy atom. The van der Waals surface area contributed by atoms with Gasteiger partial charge in [0, 0.05) is 0 Å². The minimum atomic E-state index is -0.218. The van der Waals surface area contributed by atoms with Gasteiger partial charge in [-0.15, -0.1) is 0 Å². The molecule has 0 saturated heterocycles. The second-order valence-electron chi connectivity index (χ2n) is 5.33. The SMILES string of the molecule is O=c1[nH]c(/C(Cl)=C\c2ccc3c(c2)OCCO3)nc2ccccc12. The molecule has 1 aliphatic heterocycles. The molecule has 1 aliphatic rings. The fraction of sp³-hybridized carbons (Fsp3) is 0.111. The first-order valence-corrected chi connectivity index (χ1v) is 7.85. The molecule has 120 valence electrons. The summed E-state index contributed by atoms with van der Waals surface area (Å²) in [7, 11) is 0. The van der Waals surface area contributed by atoms with Crippen molar-refractivity contribution in [2.75, 3.05) is 13.2 Å². The second kappa shape index (κ2) is 6.02. The average Bonchev–Trinajstić information content (AvgIpc) is 2.61. The van der Waals surface area contributed by atoms with E-state index in [1.807, 2.05) is 24.3 Å². The van der Waals surface area contributed by atoms with Gasteiger partial charge < -0.3 is 14.5 Å². The Hall–Kier alpha value is -2.79. The zero-order valence-corrected chi connectivity index (χ0v) is 13.3. The molecular formula is C18H13ClN2O3. The Balaban J connectivity index is 1.74. The molecule has 1 aromatic heterocycles. The van der Waals surface area contributed by atoms with Crippen LogP contribution in [-0.4, -0.2) is 23.2 Å². The molecule has 0 aliphatic carbocycles. The van der Waals surface area contributed by atoms with Crippen molar-refractivity contribution in [2.45, 2.75) is 0 Å². The van der Waals surface area contributed by atoms with Crippen molar-refractivity contribution in [3.63, 3.8) is 0 Å². The Morgan fingerprint density at radius 3 is 2.79 bits per heavy atom. The quantitative estimate of drug-likeness (QED) is 0.776. The van der Waals surface area contributed by atoms with Crippen LogP contribution in [0.3, 0.4) is 0 Å². The van der Waals surface area contributed by atoms with Gasteiger partial charge in [0.25, 0.3) is 5.56 Å². The molecule has 0 amide bonds. The highest BCUT2D eigenvalue weighted by Gasteiger charge is 2.12. The molecule has 0 bridgehead atoms. The average molecular weight is 341 g/mol. The van der Waals surface area contributed by atoms with Gasteiger partial charge in [0.1, 0.15) is 13.2 Å². The summed E-state index contributed by atoms with van der Waals surface area (Å²) in [6.45, 7) is 1.07. The maximum atomic E-state index is 12.1. The van der Waals surface area contributed by atoms with Crippen molar-refractivity contribution < 1.29 is 9.47 Å². The maximum absolute atomic E-state index is 12.1. The Labute approximate surface area is 142 Å². The van der Waals surface area contributed by atoms with Crippen molar-refractivity contribution in [2.24, 2.45) is 0 Å². The van der Waals surface area contributed by atoms with Crippen molar-refractivity contribution >= 4 is 33.6 Å². The van der Waals surface area contributed by atoms with Crippen LogP contribution in [0.4, 0.5) is 0 Å². The summed E-state index contributed by atoms with van der Waals surface area (Å²) in [6.07, 6.45) is 1.73. The molecule has 2 aromatic carbocycles. The van der Waals surface area contributed by atoms with Crippen LogP contribution in [0.25, 0.3) is 22.0 Å². The highest BCUT2D eigenvalue weighted by molar-refractivity contribution is 6.50. The van der Waals surface area contributed by atoms with E-state index in [4.69, 9.17) is 21.1 Å². The van der Waals surface area contributed by atoms with Crippen LogP contribution in [0, 0.1) is 0 Å². The topological polar surface area (TPSA) is 64.2 Å². The third kappa shape index (κ3) is 2.74. The minimum Gasteiger partial charge on any atom is -0.486 e. The number of nitrogens with zero attached hydrogens (tertiary/aromatic N) is 1. The van der Waals surface area contributed by atoms with Crippen molar-refractivity contribution in [3.8, 4) is 11.5 Å². The molecule has 0 unspecified atom stereocenters. The van der Waals surface area contributed by atoms with Crippen LogP contribution >= 0.6 is 11.6 Å². The number of para-hydroxylation sites is 1. The van der Waals surface area contributed by atoms with E-state index in [9.17, 15) is 4.79 Å². The number of halogens is 1. The second-order valence-corrected chi connectivity index (χ2v) is 5.73. The molecule has 6 heteroatoms. The van der Waals surface area contributed by atoms with Gasteiger partial charge in [-0.3, -0.25) is 4.79 Å². The largest absolute Gasteiger partial charge is 0.486 e. The number of nitrogens with one attached hydrogen (secondary N) is 1. The van der Waals surface area contributed by atoms with Gasteiger partial charge in [-0.2, -0.15) is 0 Å². The van der Waals surface area contributed by atoms with Crippen molar-refractivity contribution in [3.05, 3.63) is 64.2 Å². The van der Waals surface area contributed by atoms with Gasteiger partial charge in [0.15, 0.2) is 17.3 Å². The summed E-state index contributed by atoms with van der Waals surface area (Å²) in [5.74, 6) is 1.72. The summed E-state index contributed by atoms with van der Waals surface area (Å²) in [6, 6.07) is 12.7. The zero-order valence-electron chi connectivity index (χ0n) is 12.6. The number of benzene rings is 2. The van der Waals surface area contributed by atoms with Gasteiger partial charge in [-0.25, -0.2) is 4.98 Å². The number of hydrogen-bond donors (Lipinski definition) is 1. The lowest BCUT2D eigenvalue weighted by molar-refractivity contribution is 0.171. The molecular weight excluding hydrogens is 328 g/mol. The molecule has 2 heterocycles. The summed E-state index contributed by atoms with van der Waals surface area (Å²) in [4.78, 5) is 19.2. The van der Waals surface area contributed by atoms with Crippen molar-refractivity contribution in [1.82, 2.24) is 9.97 Å². The van der Waals surface area contributed by atoms with Gasteiger partial charge in [0.05, 0.1) is 15.9 Å². The predicted molar refractivity (Wildman–Crippen MR) is 93.5 cm³/mol. The number of rotatable bonds is 2. The van der Waals surface area contributed by atoms with E-state index in [0.717, 1.165) is 5.56 Å². The van der Waals surface area contributed by atoms with Crippen LogP contribution in [0.2, 0.25) is 0 Å². The zero-order chi connectivity index (χ0) is 16.5. The number of hydrogen-bond acceptors (Lipinski definition) is 4. The highest BCUT2D eigenvalue weighted by Crippen LogP contribution is 2.32. The monoisotopic (exact) mass is 340 g/mol. The standard InChI is InChI=1S/C18H13ClN2O3/c19-13(9-11-5-6-15-16(10-11)24-8-7-23-15)17-20-14-4-2-1-3-12(14)18(22)21-17/h1-6,9-10H,7-8H2,(H,20,21,22)/b13-9+. The molecule has 5 nitrogen and oxygen atoms in total. The highest BCUT2D eigenvalue weighted by atomic mass is 35.5.